The van der Waals surface area contributed by atoms with Crippen LogP contribution in [-0.2, 0) is 4.79 Å². The van der Waals surface area contributed by atoms with Gasteiger partial charge in [0.1, 0.15) is 5.78 Å². The first-order chi connectivity index (χ1) is 5.22. The third-order valence-electron chi connectivity index (χ3n) is 1.91. The van der Waals surface area contributed by atoms with E-state index in [9.17, 15) is 4.79 Å². The highest BCUT2D eigenvalue weighted by Crippen LogP contribution is 2.14. The molecule has 0 N–H and O–H groups in total. The van der Waals surface area contributed by atoms with Crippen molar-refractivity contribution in [2.45, 2.75) is 19.8 Å². The normalized spacial score (nSPS) is 12.5. The summed E-state index contributed by atoms with van der Waals surface area (Å²) in [5.74, 6) is 0.257. The highest BCUT2D eigenvalue weighted by molar-refractivity contribution is 5.82. The molecule has 1 aromatic rings. The molecule has 0 saturated heterocycles. The van der Waals surface area contributed by atoms with E-state index in [4.69, 9.17) is 0 Å². The second kappa shape index (κ2) is 3.33. The maximum atomic E-state index is 10.9. The lowest BCUT2D eigenvalue weighted by Crippen LogP contribution is -2.03. The highest BCUT2D eigenvalue weighted by atomic mass is 16.1. The number of carbonyl (C=O) groups excluding carboxylic acids is 1. The van der Waals surface area contributed by atoms with Crippen molar-refractivity contribution in [3.05, 3.63) is 35.9 Å². The third-order valence-corrected chi connectivity index (χ3v) is 1.91. The van der Waals surface area contributed by atoms with Crippen molar-refractivity contribution in [1.82, 2.24) is 0 Å². The van der Waals surface area contributed by atoms with Crippen LogP contribution >= 0.6 is 0 Å². The second-order valence-corrected chi connectivity index (χ2v) is 2.74. The first-order valence-corrected chi connectivity index (χ1v) is 3.77. The Morgan fingerprint density at radius 3 is 2.27 bits per heavy atom. The Balaban J connectivity index is 2.85. The summed E-state index contributed by atoms with van der Waals surface area (Å²) >= 11 is 0. The summed E-state index contributed by atoms with van der Waals surface area (Å²) < 4.78 is 0. The fourth-order valence-corrected chi connectivity index (χ4v) is 0.976. The predicted molar refractivity (Wildman–Crippen MR) is 45.5 cm³/mol. The monoisotopic (exact) mass is 148 g/mol. The number of carbonyl (C=O) groups is 1. The van der Waals surface area contributed by atoms with Gasteiger partial charge in [0.25, 0.3) is 0 Å². The minimum atomic E-state index is 0.0381. The van der Waals surface area contributed by atoms with E-state index in [-0.39, 0.29) is 11.7 Å². The van der Waals surface area contributed by atoms with E-state index in [0.717, 1.165) is 5.56 Å². The van der Waals surface area contributed by atoms with Crippen molar-refractivity contribution in [3.8, 4) is 0 Å². The van der Waals surface area contributed by atoms with E-state index >= 15 is 0 Å². The van der Waals surface area contributed by atoms with Gasteiger partial charge in [0.05, 0.1) is 0 Å². The molecule has 0 heterocycles. The molecule has 58 valence electrons. The van der Waals surface area contributed by atoms with Crippen molar-refractivity contribution in [2.75, 3.05) is 0 Å². The fraction of sp³-hybridized carbons (Fsp3) is 0.300. The van der Waals surface area contributed by atoms with Crippen LogP contribution in [0.2, 0.25) is 0 Å². The molecule has 0 aromatic heterocycles. The largest absolute Gasteiger partial charge is 0.299 e. The summed E-state index contributed by atoms with van der Waals surface area (Å²) in [6, 6.07) is 9.82. The zero-order valence-electron chi connectivity index (χ0n) is 6.87. The van der Waals surface area contributed by atoms with E-state index in [0.29, 0.717) is 0 Å². The molecule has 0 radical (unpaired) electrons. The zero-order valence-corrected chi connectivity index (χ0v) is 6.87. The molecule has 0 unspecified atom stereocenters. The lowest BCUT2D eigenvalue weighted by Gasteiger charge is -2.05. The van der Waals surface area contributed by atoms with Crippen molar-refractivity contribution in [2.24, 2.45) is 0 Å². The number of Topliss-reactive ketones (excluding diaryl/α,β-unsaturated/α-hetero) is 1. The Bertz CT molecular complexity index is 238. The maximum Gasteiger partial charge on any atom is 0.136 e. The molecular weight excluding hydrogens is 136 g/mol. The molecule has 0 bridgehead atoms. The first-order valence-electron chi connectivity index (χ1n) is 3.77. The van der Waals surface area contributed by atoms with Gasteiger partial charge in [0.2, 0.25) is 0 Å². The maximum absolute atomic E-state index is 10.9. The topological polar surface area (TPSA) is 17.1 Å². The molecule has 11 heavy (non-hydrogen) atoms. The summed E-state index contributed by atoms with van der Waals surface area (Å²) in [5.41, 5.74) is 1.10. The zero-order chi connectivity index (χ0) is 8.27. The van der Waals surface area contributed by atoms with Crippen molar-refractivity contribution < 1.29 is 4.79 Å². The summed E-state index contributed by atoms with van der Waals surface area (Å²) in [6.07, 6.45) is 0. The van der Waals surface area contributed by atoms with Crippen LogP contribution in [0.3, 0.4) is 0 Å². The first kappa shape index (κ1) is 7.99. The molecule has 1 rings (SSSR count). The van der Waals surface area contributed by atoms with E-state index in [1.54, 1.807) is 6.92 Å². The molecule has 0 spiro atoms. The summed E-state index contributed by atoms with van der Waals surface area (Å²) in [7, 11) is 0. The lowest BCUT2D eigenvalue weighted by atomic mass is 9.98. The van der Waals surface area contributed by atoms with Gasteiger partial charge in [-0.1, -0.05) is 37.3 Å². The summed E-state index contributed by atoms with van der Waals surface area (Å²) in [4.78, 5) is 10.9. The molecule has 0 aliphatic rings. The molecule has 0 aliphatic heterocycles. The Labute approximate surface area is 67.1 Å². The minimum absolute atomic E-state index is 0.0381. The fourth-order valence-electron chi connectivity index (χ4n) is 0.976. The van der Waals surface area contributed by atoms with E-state index < -0.39 is 0 Å². The van der Waals surface area contributed by atoms with Gasteiger partial charge in [-0.2, -0.15) is 0 Å². The SMILES string of the molecule is CC(=O)[C@@H](C)c1ccccc1. The molecular formula is C10H12O. The van der Waals surface area contributed by atoms with Gasteiger partial charge in [-0.3, -0.25) is 4.79 Å². The van der Waals surface area contributed by atoms with Crippen LogP contribution in [0.15, 0.2) is 30.3 Å². The predicted octanol–water partition coefficient (Wildman–Crippen LogP) is 2.38. The van der Waals surface area contributed by atoms with Gasteiger partial charge in [0, 0.05) is 5.92 Å². The molecule has 1 nitrogen and oxygen atoms in total. The van der Waals surface area contributed by atoms with Crippen LogP contribution in [0.1, 0.15) is 25.3 Å². The Morgan fingerprint density at radius 2 is 1.82 bits per heavy atom. The van der Waals surface area contributed by atoms with Gasteiger partial charge in [-0.25, -0.2) is 0 Å². The van der Waals surface area contributed by atoms with Crippen LogP contribution < -0.4 is 0 Å². The van der Waals surface area contributed by atoms with Crippen LogP contribution in [0, 0.1) is 0 Å². The summed E-state index contributed by atoms with van der Waals surface area (Å²) in [5, 5.41) is 0. The number of ketones is 1. The highest BCUT2D eigenvalue weighted by Gasteiger charge is 2.08. The number of benzene rings is 1. The van der Waals surface area contributed by atoms with Crippen LogP contribution in [0.5, 0.6) is 0 Å². The van der Waals surface area contributed by atoms with Crippen LogP contribution in [-0.4, -0.2) is 5.78 Å². The van der Waals surface area contributed by atoms with E-state index in [1.165, 1.54) is 0 Å². The van der Waals surface area contributed by atoms with Crippen molar-refractivity contribution in [1.29, 1.82) is 0 Å². The van der Waals surface area contributed by atoms with Crippen LogP contribution in [0.25, 0.3) is 0 Å². The van der Waals surface area contributed by atoms with Gasteiger partial charge >= 0.3 is 0 Å². The van der Waals surface area contributed by atoms with Gasteiger partial charge in [0.15, 0.2) is 0 Å². The number of hydrogen-bond donors (Lipinski definition) is 0. The van der Waals surface area contributed by atoms with Gasteiger partial charge in [-0.05, 0) is 12.5 Å². The average Bonchev–Trinajstić information content (AvgIpc) is 2.05. The van der Waals surface area contributed by atoms with Gasteiger partial charge < -0.3 is 0 Å². The van der Waals surface area contributed by atoms with Crippen molar-refractivity contribution >= 4 is 5.78 Å². The number of rotatable bonds is 2. The van der Waals surface area contributed by atoms with Crippen LogP contribution in [0.4, 0.5) is 0 Å². The van der Waals surface area contributed by atoms with Crippen molar-refractivity contribution in [3.63, 3.8) is 0 Å². The van der Waals surface area contributed by atoms with E-state index in [2.05, 4.69) is 0 Å². The quantitative estimate of drug-likeness (QED) is 0.629. The Morgan fingerprint density at radius 1 is 1.27 bits per heavy atom. The number of hydrogen-bond acceptors (Lipinski definition) is 1. The molecule has 1 aromatic carbocycles. The lowest BCUT2D eigenvalue weighted by molar-refractivity contribution is -0.118. The Kier molecular flexibility index (Phi) is 2.42. The van der Waals surface area contributed by atoms with Gasteiger partial charge in [-0.15, -0.1) is 0 Å². The molecule has 0 saturated carbocycles. The van der Waals surface area contributed by atoms with E-state index in [1.807, 2.05) is 37.3 Å². The smallest absolute Gasteiger partial charge is 0.136 e. The average molecular weight is 148 g/mol. The summed E-state index contributed by atoms with van der Waals surface area (Å²) in [6.45, 7) is 3.55. The Hall–Kier alpha value is -1.11. The third kappa shape index (κ3) is 1.90. The molecule has 0 aliphatic carbocycles. The molecule has 0 amide bonds. The standard InChI is InChI=1S/C10H12O/c1-8(9(2)11)10-6-4-3-5-7-10/h3-8H,1-2H3/t8-/m1/s1. The molecule has 1 atom stereocenters. The minimum Gasteiger partial charge on any atom is -0.299 e. The second-order valence-electron chi connectivity index (χ2n) is 2.74. The molecule has 0 fully saturated rings. The molecule has 1 heteroatoms.